The molecule has 0 amide bonds. The normalized spacial score (nSPS) is 17.5. The van der Waals surface area contributed by atoms with Gasteiger partial charge in [0.1, 0.15) is 0 Å². The Balaban J connectivity index is 2.35. The smallest absolute Gasteiger partial charge is 0.0534 e. The van der Waals surface area contributed by atoms with Crippen molar-refractivity contribution in [1.82, 2.24) is 5.32 Å². The molecule has 0 aromatic rings. The summed E-state index contributed by atoms with van der Waals surface area (Å²) in [5.74, 6) is 0.872. The van der Waals surface area contributed by atoms with Gasteiger partial charge in [0.05, 0.1) is 6.61 Å². The van der Waals surface area contributed by atoms with E-state index in [0.717, 1.165) is 25.7 Å². The van der Waals surface area contributed by atoms with Crippen LogP contribution in [-0.4, -0.2) is 25.3 Å². The number of rotatable bonds is 8. The fourth-order valence-corrected chi connectivity index (χ4v) is 1.93. The molecule has 1 N–H and O–H groups in total. The quantitative estimate of drug-likeness (QED) is 0.701. The fourth-order valence-electron chi connectivity index (χ4n) is 1.93. The first-order valence-electron chi connectivity index (χ1n) is 7.23. The van der Waals surface area contributed by atoms with Gasteiger partial charge in [-0.15, -0.1) is 0 Å². The van der Waals surface area contributed by atoms with E-state index in [1.165, 1.54) is 25.7 Å². The third-order valence-corrected chi connectivity index (χ3v) is 3.95. The lowest BCUT2D eigenvalue weighted by Crippen LogP contribution is -2.45. The summed E-state index contributed by atoms with van der Waals surface area (Å²) in [5, 5.41) is 3.64. The third kappa shape index (κ3) is 5.87. The average Bonchev–Trinajstić information content (AvgIpc) is 3.06. The maximum atomic E-state index is 5.93. The van der Waals surface area contributed by atoms with Crippen molar-refractivity contribution in [3.63, 3.8) is 0 Å². The van der Waals surface area contributed by atoms with Crippen LogP contribution < -0.4 is 5.32 Å². The van der Waals surface area contributed by atoms with Crippen LogP contribution in [0.5, 0.6) is 0 Å². The molecular formula is C15H31NO. The Kier molecular flexibility index (Phi) is 5.46. The molecule has 0 aliphatic heterocycles. The molecule has 0 atom stereocenters. The predicted octanol–water partition coefficient (Wildman–Crippen LogP) is 3.61. The summed E-state index contributed by atoms with van der Waals surface area (Å²) in [4.78, 5) is 0. The summed E-state index contributed by atoms with van der Waals surface area (Å²) >= 11 is 0. The fraction of sp³-hybridized carbons (Fsp3) is 1.00. The van der Waals surface area contributed by atoms with E-state index in [4.69, 9.17) is 4.74 Å². The van der Waals surface area contributed by atoms with Gasteiger partial charge >= 0.3 is 0 Å². The Morgan fingerprint density at radius 3 is 2.12 bits per heavy atom. The van der Waals surface area contributed by atoms with E-state index in [1.54, 1.807) is 0 Å². The van der Waals surface area contributed by atoms with Crippen LogP contribution in [0.2, 0.25) is 0 Å². The maximum Gasteiger partial charge on any atom is 0.0534 e. The minimum atomic E-state index is 0.200. The van der Waals surface area contributed by atoms with E-state index in [1.807, 2.05) is 0 Å². The first-order chi connectivity index (χ1) is 7.91. The molecule has 1 fully saturated rings. The van der Waals surface area contributed by atoms with Crippen molar-refractivity contribution in [3.8, 4) is 0 Å². The van der Waals surface area contributed by atoms with E-state index >= 15 is 0 Å². The molecular weight excluding hydrogens is 210 g/mol. The molecule has 0 heterocycles. The topological polar surface area (TPSA) is 21.3 Å². The zero-order valence-corrected chi connectivity index (χ0v) is 12.4. The molecule has 0 spiro atoms. The minimum absolute atomic E-state index is 0.200. The Hall–Kier alpha value is -0.0800. The Labute approximate surface area is 108 Å². The van der Waals surface area contributed by atoms with Crippen molar-refractivity contribution in [3.05, 3.63) is 0 Å². The highest BCUT2D eigenvalue weighted by molar-refractivity contribution is 4.83. The lowest BCUT2D eigenvalue weighted by atomic mass is 9.82. The van der Waals surface area contributed by atoms with Gasteiger partial charge in [-0.05, 0) is 52.4 Å². The molecule has 0 saturated heterocycles. The Morgan fingerprint density at radius 1 is 1.12 bits per heavy atom. The lowest BCUT2D eigenvalue weighted by Gasteiger charge is -2.35. The second kappa shape index (κ2) is 6.19. The molecule has 1 rings (SSSR count). The van der Waals surface area contributed by atoms with Crippen LogP contribution in [0.4, 0.5) is 0 Å². The van der Waals surface area contributed by atoms with Crippen LogP contribution in [0.3, 0.4) is 0 Å². The van der Waals surface area contributed by atoms with Crippen LogP contribution in [0.1, 0.15) is 60.3 Å². The molecule has 0 radical (unpaired) electrons. The minimum Gasteiger partial charge on any atom is -0.381 e. The monoisotopic (exact) mass is 241 g/mol. The molecule has 2 heteroatoms. The summed E-state index contributed by atoms with van der Waals surface area (Å²) in [6, 6.07) is 0. The zero-order chi connectivity index (χ0) is 12.9. The summed E-state index contributed by atoms with van der Waals surface area (Å²) < 4.78 is 5.93. The van der Waals surface area contributed by atoms with Gasteiger partial charge in [-0.2, -0.15) is 0 Å². The molecule has 0 aromatic heterocycles. The van der Waals surface area contributed by atoms with E-state index in [-0.39, 0.29) is 5.54 Å². The highest BCUT2D eigenvalue weighted by Crippen LogP contribution is 2.31. The third-order valence-electron chi connectivity index (χ3n) is 3.95. The van der Waals surface area contributed by atoms with Crippen molar-refractivity contribution < 1.29 is 4.74 Å². The first kappa shape index (κ1) is 15.0. The molecule has 2 nitrogen and oxygen atoms in total. The van der Waals surface area contributed by atoms with Crippen LogP contribution in [0.25, 0.3) is 0 Å². The second-order valence-corrected chi connectivity index (χ2v) is 6.77. The first-order valence-corrected chi connectivity index (χ1v) is 7.23. The van der Waals surface area contributed by atoms with E-state index < -0.39 is 0 Å². The number of hydrogen-bond donors (Lipinski definition) is 1. The summed E-state index contributed by atoms with van der Waals surface area (Å²) in [5.41, 5.74) is 0.522. The van der Waals surface area contributed by atoms with Gasteiger partial charge in [0.2, 0.25) is 0 Å². The van der Waals surface area contributed by atoms with Gasteiger partial charge in [0, 0.05) is 24.1 Å². The van der Waals surface area contributed by atoms with Crippen molar-refractivity contribution >= 4 is 0 Å². The zero-order valence-electron chi connectivity index (χ0n) is 12.4. The van der Waals surface area contributed by atoms with Gasteiger partial charge in [-0.1, -0.05) is 13.8 Å². The molecule has 1 aliphatic carbocycles. The molecule has 0 unspecified atom stereocenters. The van der Waals surface area contributed by atoms with E-state index in [9.17, 15) is 0 Å². The van der Waals surface area contributed by atoms with Crippen LogP contribution in [-0.2, 0) is 4.74 Å². The lowest BCUT2D eigenvalue weighted by molar-refractivity contribution is 0.0291. The molecule has 102 valence electrons. The Bertz CT molecular complexity index is 211. The van der Waals surface area contributed by atoms with Crippen molar-refractivity contribution in [2.24, 2.45) is 11.3 Å². The highest BCUT2D eigenvalue weighted by atomic mass is 16.5. The van der Waals surface area contributed by atoms with Crippen LogP contribution >= 0.6 is 0 Å². The summed E-state index contributed by atoms with van der Waals surface area (Å²) in [6.07, 6.45) is 5.14. The highest BCUT2D eigenvalue weighted by Gasteiger charge is 2.29. The van der Waals surface area contributed by atoms with Gasteiger partial charge in [0.25, 0.3) is 0 Å². The average molecular weight is 241 g/mol. The summed E-state index contributed by atoms with van der Waals surface area (Å²) in [6.45, 7) is 14.2. The van der Waals surface area contributed by atoms with Crippen molar-refractivity contribution in [2.75, 3.05) is 19.8 Å². The van der Waals surface area contributed by atoms with Crippen molar-refractivity contribution in [2.45, 2.75) is 65.8 Å². The number of nitrogens with one attached hydrogen (secondary N) is 1. The van der Waals surface area contributed by atoms with Crippen molar-refractivity contribution in [1.29, 1.82) is 0 Å². The second-order valence-electron chi connectivity index (χ2n) is 6.77. The number of hydrogen-bond acceptors (Lipinski definition) is 2. The molecule has 0 bridgehead atoms. The standard InChI is InChI=1S/C15H31NO/c1-6-15(7-2,11-16-14(3,4)5)12-17-10-13-8-9-13/h13,16H,6-12H2,1-5H3. The van der Waals surface area contributed by atoms with Gasteiger partial charge in [-0.3, -0.25) is 0 Å². The Morgan fingerprint density at radius 2 is 1.71 bits per heavy atom. The molecule has 1 aliphatic rings. The molecule has 1 saturated carbocycles. The van der Waals surface area contributed by atoms with Gasteiger partial charge in [-0.25, -0.2) is 0 Å². The van der Waals surface area contributed by atoms with Gasteiger partial charge < -0.3 is 10.1 Å². The van der Waals surface area contributed by atoms with E-state index in [2.05, 4.69) is 39.9 Å². The SMILES string of the molecule is CCC(CC)(CNC(C)(C)C)COCC1CC1. The molecule has 0 aromatic carbocycles. The number of ether oxygens (including phenoxy) is 1. The van der Waals surface area contributed by atoms with Gasteiger partial charge in [0.15, 0.2) is 0 Å². The predicted molar refractivity (Wildman–Crippen MR) is 74.3 cm³/mol. The van der Waals surface area contributed by atoms with Crippen LogP contribution in [0, 0.1) is 11.3 Å². The maximum absolute atomic E-state index is 5.93. The van der Waals surface area contributed by atoms with E-state index in [0.29, 0.717) is 5.41 Å². The summed E-state index contributed by atoms with van der Waals surface area (Å²) in [7, 11) is 0. The molecule has 17 heavy (non-hydrogen) atoms. The largest absolute Gasteiger partial charge is 0.381 e. The van der Waals surface area contributed by atoms with Crippen LogP contribution in [0.15, 0.2) is 0 Å².